The summed E-state index contributed by atoms with van der Waals surface area (Å²) in [5.74, 6) is 0.203. The molecule has 2 aromatic heterocycles. The highest BCUT2D eigenvalue weighted by molar-refractivity contribution is 6.08. The molecule has 7 nitrogen and oxygen atoms in total. The molecule has 0 N–H and O–H groups in total. The van der Waals surface area contributed by atoms with E-state index < -0.39 is 0 Å². The van der Waals surface area contributed by atoms with Crippen molar-refractivity contribution in [2.45, 2.75) is 32.9 Å². The molecular weight excluding hydrogens is 332 g/mol. The Morgan fingerprint density at radius 2 is 2.12 bits per heavy atom. The van der Waals surface area contributed by atoms with Crippen LogP contribution >= 0.6 is 0 Å². The first-order valence-corrected chi connectivity index (χ1v) is 8.54. The Labute approximate surface area is 149 Å². The van der Waals surface area contributed by atoms with Gasteiger partial charge < -0.3 is 9.15 Å². The van der Waals surface area contributed by atoms with Gasteiger partial charge in [0.15, 0.2) is 12.4 Å². The molecule has 0 fully saturated rings. The van der Waals surface area contributed by atoms with Crippen molar-refractivity contribution in [2.75, 3.05) is 0 Å². The van der Waals surface area contributed by atoms with Gasteiger partial charge in [-0.25, -0.2) is 4.68 Å². The van der Waals surface area contributed by atoms with Crippen molar-refractivity contribution >= 4 is 27.7 Å². The number of aryl methyl sites for hydroxylation is 1. The SMILES string of the molecule is CCCn1nnnc1COC(=O)Cc1coc2ccc3ccccc3c12. The molecule has 0 amide bonds. The van der Waals surface area contributed by atoms with E-state index >= 15 is 0 Å². The van der Waals surface area contributed by atoms with Crippen LogP contribution in [0.15, 0.2) is 47.1 Å². The lowest BCUT2D eigenvalue weighted by Gasteiger charge is -2.05. The van der Waals surface area contributed by atoms with E-state index in [2.05, 4.69) is 15.5 Å². The van der Waals surface area contributed by atoms with Crippen LogP contribution in [-0.2, 0) is 29.1 Å². The van der Waals surface area contributed by atoms with Crippen molar-refractivity contribution in [2.24, 2.45) is 0 Å². The minimum Gasteiger partial charge on any atom is -0.464 e. The van der Waals surface area contributed by atoms with Gasteiger partial charge in [-0.2, -0.15) is 0 Å². The fourth-order valence-electron chi connectivity index (χ4n) is 3.07. The van der Waals surface area contributed by atoms with Gasteiger partial charge in [0.1, 0.15) is 5.58 Å². The van der Waals surface area contributed by atoms with Gasteiger partial charge in [-0.05, 0) is 33.7 Å². The molecule has 0 bridgehead atoms. The van der Waals surface area contributed by atoms with Crippen molar-refractivity contribution in [3.05, 3.63) is 54.0 Å². The first kappa shape index (κ1) is 16.3. The van der Waals surface area contributed by atoms with E-state index in [4.69, 9.17) is 9.15 Å². The van der Waals surface area contributed by atoms with Crippen LogP contribution in [0.4, 0.5) is 0 Å². The first-order valence-electron chi connectivity index (χ1n) is 8.54. The summed E-state index contributed by atoms with van der Waals surface area (Å²) >= 11 is 0. The van der Waals surface area contributed by atoms with Gasteiger partial charge in [0, 0.05) is 17.5 Å². The average Bonchev–Trinajstić information content (AvgIpc) is 3.27. The predicted octanol–water partition coefficient (Wildman–Crippen LogP) is 3.27. The van der Waals surface area contributed by atoms with Crippen molar-refractivity contribution in [1.29, 1.82) is 0 Å². The monoisotopic (exact) mass is 350 g/mol. The number of furan rings is 1. The molecule has 0 saturated carbocycles. The highest BCUT2D eigenvalue weighted by Crippen LogP contribution is 2.30. The topological polar surface area (TPSA) is 83.0 Å². The molecule has 0 atom stereocenters. The predicted molar refractivity (Wildman–Crippen MR) is 95.3 cm³/mol. The lowest BCUT2D eigenvalue weighted by molar-refractivity contribution is -0.144. The number of hydrogen-bond acceptors (Lipinski definition) is 6. The van der Waals surface area contributed by atoms with Crippen LogP contribution < -0.4 is 0 Å². The average molecular weight is 350 g/mol. The molecule has 0 radical (unpaired) electrons. The molecular formula is C19H18N4O3. The maximum absolute atomic E-state index is 12.3. The number of aromatic nitrogens is 4. The van der Waals surface area contributed by atoms with Gasteiger partial charge in [0.2, 0.25) is 0 Å². The molecule has 4 aromatic rings. The van der Waals surface area contributed by atoms with Crippen LogP contribution in [0.1, 0.15) is 24.7 Å². The summed E-state index contributed by atoms with van der Waals surface area (Å²) in [7, 11) is 0. The molecule has 2 heterocycles. The second-order valence-corrected chi connectivity index (χ2v) is 6.08. The van der Waals surface area contributed by atoms with E-state index in [-0.39, 0.29) is 19.0 Å². The minimum absolute atomic E-state index is 0.0579. The summed E-state index contributed by atoms with van der Waals surface area (Å²) in [4.78, 5) is 12.3. The summed E-state index contributed by atoms with van der Waals surface area (Å²) in [6.07, 6.45) is 2.66. The third-order valence-corrected chi connectivity index (χ3v) is 4.28. The highest BCUT2D eigenvalue weighted by atomic mass is 16.5. The van der Waals surface area contributed by atoms with Crippen LogP contribution in [0.2, 0.25) is 0 Å². The third-order valence-electron chi connectivity index (χ3n) is 4.28. The molecule has 0 spiro atoms. The molecule has 0 aliphatic rings. The minimum atomic E-state index is -0.341. The number of carbonyl (C=O) groups excluding carboxylic acids is 1. The van der Waals surface area contributed by atoms with E-state index in [0.29, 0.717) is 12.4 Å². The smallest absolute Gasteiger partial charge is 0.310 e. The van der Waals surface area contributed by atoms with E-state index in [9.17, 15) is 4.79 Å². The summed E-state index contributed by atoms with van der Waals surface area (Å²) < 4.78 is 12.6. The molecule has 0 aliphatic heterocycles. The van der Waals surface area contributed by atoms with Crippen LogP contribution in [0.5, 0.6) is 0 Å². The van der Waals surface area contributed by atoms with Crippen LogP contribution in [-0.4, -0.2) is 26.2 Å². The maximum Gasteiger partial charge on any atom is 0.310 e. The molecule has 132 valence electrons. The number of nitrogens with zero attached hydrogens (tertiary/aromatic N) is 4. The van der Waals surface area contributed by atoms with Gasteiger partial charge in [-0.1, -0.05) is 37.3 Å². The molecule has 26 heavy (non-hydrogen) atoms. The molecule has 0 saturated heterocycles. The molecule has 2 aromatic carbocycles. The maximum atomic E-state index is 12.3. The number of fused-ring (bicyclic) bond motifs is 3. The van der Waals surface area contributed by atoms with Gasteiger partial charge in [0.25, 0.3) is 0 Å². The third kappa shape index (κ3) is 3.03. The van der Waals surface area contributed by atoms with Crippen LogP contribution in [0.25, 0.3) is 21.7 Å². The second kappa shape index (κ2) is 6.95. The van der Waals surface area contributed by atoms with Crippen molar-refractivity contribution in [3.8, 4) is 0 Å². The fraction of sp³-hybridized carbons (Fsp3) is 0.263. The van der Waals surface area contributed by atoms with E-state index in [1.807, 2.05) is 43.3 Å². The van der Waals surface area contributed by atoms with Gasteiger partial charge in [-0.15, -0.1) is 5.10 Å². The van der Waals surface area contributed by atoms with E-state index in [1.54, 1.807) is 10.9 Å². The lowest BCUT2D eigenvalue weighted by atomic mass is 10.0. The van der Waals surface area contributed by atoms with Crippen molar-refractivity contribution < 1.29 is 13.9 Å². The zero-order valence-corrected chi connectivity index (χ0v) is 14.4. The highest BCUT2D eigenvalue weighted by Gasteiger charge is 2.15. The summed E-state index contributed by atoms with van der Waals surface area (Å²) in [5, 5.41) is 14.5. The number of tetrazole rings is 1. The van der Waals surface area contributed by atoms with E-state index in [1.165, 1.54) is 0 Å². The lowest BCUT2D eigenvalue weighted by Crippen LogP contribution is -2.12. The van der Waals surface area contributed by atoms with Crippen LogP contribution in [0, 0.1) is 0 Å². The Morgan fingerprint density at radius 1 is 1.23 bits per heavy atom. The number of ether oxygens (including phenoxy) is 1. The molecule has 0 aliphatic carbocycles. The second-order valence-electron chi connectivity index (χ2n) is 6.08. The Bertz CT molecular complexity index is 1070. The zero-order valence-electron chi connectivity index (χ0n) is 14.4. The Kier molecular flexibility index (Phi) is 4.35. The number of rotatable bonds is 6. The normalized spacial score (nSPS) is 11.3. The standard InChI is InChI=1S/C19H18N4O3/c1-2-9-23-17(20-21-22-23)12-26-18(24)10-14-11-25-16-8-7-13-5-3-4-6-15(13)19(14)16/h3-8,11H,2,9-10,12H2,1H3. The summed E-state index contributed by atoms with van der Waals surface area (Å²) in [6.45, 7) is 2.78. The van der Waals surface area contributed by atoms with Crippen molar-refractivity contribution in [1.82, 2.24) is 20.2 Å². The zero-order chi connectivity index (χ0) is 17.9. The quantitative estimate of drug-likeness (QED) is 0.496. The largest absolute Gasteiger partial charge is 0.464 e. The van der Waals surface area contributed by atoms with Crippen LogP contribution in [0.3, 0.4) is 0 Å². The number of carbonyl (C=O) groups is 1. The van der Waals surface area contributed by atoms with Crippen molar-refractivity contribution in [3.63, 3.8) is 0 Å². The van der Waals surface area contributed by atoms with Gasteiger partial charge in [-0.3, -0.25) is 4.79 Å². The Balaban J connectivity index is 1.53. The first-order chi connectivity index (χ1) is 12.8. The number of benzene rings is 2. The molecule has 0 unspecified atom stereocenters. The number of hydrogen-bond donors (Lipinski definition) is 0. The molecule has 7 heteroatoms. The summed E-state index contributed by atoms with van der Waals surface area (Å²) in [6, 6.07) is 12.0. The van der Waals surface area contributed by atoms with Gasteiger partial charge in [0.05, 0.1) is 12.7 Å². The summed E-state index contributed by atoms with van der Waals surface area (Å²) in [5.41, 5.74) is 1.58. The van der Waals surface area contributed by atoms with Gasteiger partial charge >= 0.3 is 5.97 Å². The number of esters is 1. The Morgan fingerprint density at radius 3 is 3.00 bits per heavy atom. The fourth-order valence-corrected chi connectivity index (χ4v) is 3.07. The molecule has 4 rings (SSSR count). The Hall–Kier alpha value is -3.22. The van der Waals surface area contributed by atoms with E-state index in [0.717, 1.165) is 33.7 Å².